The fourth-order valence-corrected chi connectivity index (χ4v) is 4.54. The molecule has 12 nitrogen and oxygen atoms in total. The summed E-state index contributed by atoms with van der Waals surface area (Å²) in [6.45, 7) is -0.330. The Morgan fingerprint density at radius 3 is 2.63 bits per heavy atom. The minimum atomic E-state index is -4.15. The summed E-state index contributed by atoms with van der Waals surface area (Å²) in [5.41, 5.74) is 3.31. The van der Waals surface area contributed by atoms with Crippen molar-refractivity contribution in [2.24, 2.45) is 11.1 Å². The topological polar surface area (TPSA) is 178 Å². The number of rotatable bonds is 7. The van der Waals surface area contributed by atoms with Crippen molar-refractivity contribution in [3.63, 3.8) is 0 Å². The first kappa shape index (κ1) is 23.3. The van der Waals surface area contributed by atoms with Gasteiger partial charge in [-0.05, 0) is 12.5 Å². The summed E-state index contributed by atoms with van der Waals surface area (Å²) in [5, 5.41) is 33.5. The molecular formula is C22H23N7O5S. The van der Waals surface area contributed by atoms with Gasteiger partial charge in [0.1, 0.15) is 23.3 Å². The summed E-state index contributed by atoms with van der Waals surface area (Å²) in [6.07, 6.45) is 2.80. The SMILES string of the molecule is NS(=O)(=O)OC[C@H]1C[C@@H](Nc2ccnc3cc(-c4cncc(-c5ccccc5)n4)nn23)[C@H](O)[C@@H]1O. The van der Waals surface area contributed by atoms with Gasteiger partial charge in [-0.2, -0.15) is 18.0 Å². The van der Waals surface area contributed by atoms with Crippen LogP contribution in [0.15, 0.2) is 61.1 Å². The van der Waals surface area contributed by atoms with E-state index in [-0.39, 0.29) is 13.0 Å². The van der Waals surface area contributed by atoms with E-state index in [1.807, 2.05) is 30.3 Å². The van der Waals surface area contributed by atoms with Crippen molar-refractivity contribution >= 4 is 21.8 Å². The maximum absolute atomic E-state index is 11.1. The molecule has 4 atom stereocenters. The Morgan fingerprint density at radius 1 is 1.09 bits per heavy atom. The average molecular weight is 498 g/mol. The number of aliphatic hydroxyl groups excluding tert-OH is 2. The number of hydrogen-bond acceptors (Lipinski definition) is 10. The fraction of sp³-hybridized carbons (Fsp3) is 0.273. The van der Waals surface area contributed by atoms with Crippen LogP contribution in [-0.4, -0.2) is 68.1 Å². The first-order valence-corrected chi connectivity index (χ1v) is 12.3. The summed E-state index contributed by atoms with van der Waals surface area (Å²) < 4.78 is 28.3. The Balaban J connectivity index is 1.39. The van der Waals surface area contributed by atoms with Crippen molar-refractivity contribution < 1.29 is 22.8 Å². The van der Waals surface area contributed by atoms with Crippen molar-refractivity contribution in [3.8, 4) is 22.6 Å². The summed E-state index contributed by atoms with van der Waals surface area (Å²) in [5.74, 6) is -0.0972. The molecule has 0 amide bonds. The van der Waals surface area contributed by atoms with Crippen molar-refractivity contribution in [1.29, 1.82) is 0 Å². The van der Waals surface area contributed by atoms with Crippen LogP contribution in [0.4, 0.5) is 5.82 Å². The lowest BCUT2D eigenvalue weighted by molar-refractivity contribution is 0.00777. The van der Waals surface area contributed by atoms with Gasteiger partial charge >= 0.3 is 10.3 Å². The molecule has 35 heavy (non-hydrogen) atoms. The molecule has 5 rings (SSSR count). The van der Waals surface area contributed by atoms with E-state index in [0.717, 1.165) is 5.56 Å². The second kappa shape index (κ2) is 9.28. The first-order chi connectivity index (χ1) is 16.8. The highest BCUT2D eigenvalue weighted by atomic mass is 32.2. The second-order valence-corrected chi connectivity index (χ2v) is 9.51. The highest BCUT2D eigenvalue weighted by Gasteiger charge is 2.42. The molecule has 0 saturated heterocycles. The predicted molar refractivity (Wildman–Crippen MR) is 126 cm³/mol. The molecule has 0 aliphatic heterocycles. The van der Waals surface area contributed by atoms with Gasteiger partial charge in [0.05, 0.1) is 36.8 Å². The molecule has 1 aliphatic rings. The number of benzene rings is 1. The van der Waals surface area contributed by atoms with E-state index in [4.69, 9.17) is 5.14 Å². The smallest absolute Gasteiger partial charge is 0.333 e. The van der Waals surface area contributed by atoms with E-state index < -0.39 is 34.5 Å². The Kier molecular flexibility index (Phi) is 6.17. The summed E-state index contributed by atoms with van der Waals surface area (Å²) >= 11 is 0. The zero-order chi connectivity index (χ0) is 24.6. The molecule has 0 bridgehead atoms. The van der Waals surface area contributed by atoms with Crippen LogP contribution in [0.2, 0.25) is 0 Å². The van der Waals surface area contributed by atoms with Crippen molar-refractivity contribution in [2.45, 2.75) is 24.7 Å². The molecule has 1 fully saturated rings. The van der Waals surface area contributed by atoms with Crippen molar-refractivity contribution in [2.75, 3.05) is 11.9 Å². The van der Waals surface area contributed by atoms with E-state index in [2.05, 4.69) is 29.6 Å². The average Bonchev–Trinajstić information content (AvgIpc) is 3.41. The minimum Gasteiger partial charge on any atom is -0.390 e. The molecule has 0 radical (unpaired) electrons. The molecule has 0 spiro atoms. The van der Waals surface area contributed by atoms with Gasteiger partial charge in [-0.15, -0.1) is 0 Å². The Bertz CT molecular complexity index is 1450. The van der Waals surface area contributed by atoms with E-state index in [9.17, 15) is 18.6 Å². The van der Waals surface area contributed by atoms with Gasteiger partial charge in [-0.25, -0.2) is 15.1 Å². The Morgan fingerprint density at radius 2 is 1.86 bits per heavy atom. The molecule has 182 valence electrons. The molecule has 4 aromatic rings. The summed E-state index contributed by atoms with van der Waals surface area (Å²) in [6, 6.07) is 12.5. The third-order valence-corrected chi connectivity index (χ3v) is 6.37. The van der Waals surface area contributed by atoms with Gasteiger partial charge in [0.2, 0.25) is 0 Å². The van der Waals surface area contributed by atoms with Crippen LogP contribution in [0.1, 0.15) is 6.42 Å². The lowest BCUT2D eigenvalue weighted by Gasteiger charge is -2.19. The fourth-order valence-electron chi connectivity index (χ4n) is 4.17. The van der Waals surface area contributed by atoms with Gasteiger partial charge in [-0.1, -0.05) is 30.3 Å². The maximum Gasteiger partial charge on any atom is 0.333 e. The molecule has 1 saturated carbocycles. The van der Waals surface area contributed by atoms with Gasteiger partial charge in [0.25, 0.3) is 0 Å². The number of nitrogens with one attached hydrogen (secondary N) is 1. The lowest BCUT2D eigenvalue weighted by Crippen LogP contribution is -2.36. The zero-order valence-electron chi connectivity index (χ0n) is 18.3. The molecule has 0 unspecified atom stereocenters. The van der Waals surface area contributed by atoms with Crippen LogP contribution < -0.4 is 10.5 Å². The predicted octanol–water partition coefficient (Wildman–Crippen LogP) is 0.596. The van der Waals surface area contributed by atoms with Crippen LogP contribution in [0.25, 0.3) is 28.3 Å². The third-order valence-electron chi connectivity index (χ3n) is 5.91. The third kappa shape index (κ3) is 4.99. The standard InChI is InChI=1S/C22H23N7O5S/c23-35(32,33)34-12-14-8-16(22(31)21(14)30)27-19-6-7-25-20-9-15(28-29(19)20)18-11-24-10-17(26-18)13-4-2-1-3-5-13/h1-7,9-11,14,16,21-22,27,30-31H,8,12H2,(H2,23,32,33)/t14-,16-,21-,22+/m1/s1. The number of fused-ring (bicyclic) bond motifs is 1. The van der Waals surface area contributed by atoms with Crippen molar-refractivity contribution in [3.05, 3.63) is 61.1 Å². The number of nitrogens with zero attached hydrogens (tertiary/aromatic N) is 5. The monoisotopic (exact) mass is 497 g/mol. The number of aliphatic hydroxyl groups is 2. The number of anilines is 1. The first-order valence-electron chi connectivity index (χ1n) is 10.8. The zero-order valence-corrected chi connectivity index (χ0v) is 19.2. The van der Waals surface area contributed by atoms with Crippen molar-refractivity contribution in [1.82, 2.24) is 24.6 Å². The van der Waals surface area contributed by atoms with Gasteiger partial charge in [0, 0.05) is 23.7 Å². The van der Waals surface area contributed by atoms with Gasteiger partial charge in [0.15, 0.2) is 5.65 Å². The van der Waals surface area contributed by atoms with E-state index in [0.29, 0.717) is 28.5 Å². The second-order valence-electron chi connectivity index (χ2n) is 8.29. The molecule has 3 aromatic heterocycles. The Hall–Kier alpha value is -3.49. The molecule has 5 N–H and O–H groups in total. The minimum absolute atomic E-state index is 0.250. The van der Waals surface area contributed by atoms with Crippen LogP contribution in [-0.2, 0) is 14.5 Å². The van der Waals surface area contributed by atoms with Gasteiger partial charge in [-0.3, -0.25) is 9.17 Å². The van der Waals surface area contributed by atoms with Crippen LogP contribution in [0.3, 0.4) is 0 Å². The van der Waals surface area contributed by atoms with E-state index >= 15 is 0 Å². The number of nitrogens with two attached hydrogens (primary N) is 1. The van der Waals surface area contributed by atoms with Crippen LogP contribution in [0, 0.1) is 5.92 Å². The number of hydrogen-bond donors (Lipinski definition) is 4. The quantitative estimate of drug-likeness (QED) is 0.282. The Labute approximate surface area is 200 Å². The highest BCUT2D eigenvalue weighted by Crippen LogP contribution is 2.30. The largest absolute Gasteiger partial charge is 0.390 e. The van der Waals surface area contributed by atoms with Gasteiger partial charge < -0.3 is 15.5 Å². The molecule has 3 heterocycles. The summed E-state index contributed by atoms with van der Waals surface area (Å²) in [4.78, 5) is 13.3. The van der Waals surface area contributed by atoms with Crippen LogP contribution >= 0.6 is 0 Å². The lowest BCUT2D eigenvalue weighted by atomic mass is 10.1. The normalized spacial score (nSPS) is 22.5. The summed E-state index contributed by atoms with van der Waals surface area (Å²) in [7, 11) is -4.15. The molecule has 1 aliphatic carbocycles. The number of aromatic nitrogens is 5. The van der Waals surface area contributed by atoms with E-state index in [1.165, 1.54) is 0 Å². The maximum atomic E-state index is 11.1. The van der Waals surface area contributed by atoms with Crippen LogP contribution in [0.5, 0.6) is 0 Å². The van der Waals surface area contributed by atoms with E-state index in [1.54, 1.807) is 35.2 Å². The molecular weight excluding hydrogens is 474 g/mol. The molecule has 1 aromatic carbocycles. The molecule has 13 heteroatoms. The highest BCUT2D eigenvalue weighted by molar-refractivity contribution is 7.84.